The molecule has 0 aliphatic carbocycles. The largest absolute Gasteiger partial charge is 0.463 e. The maximum atomic E-state index is 13.0. The zero-order valence-electron chi connectivity index (χ0n) is 41.6. The number of pyridine rings is 1. The molecule has 3 rings (SSSR count). The minimum atomic E-state index is -1.96. The van der Waals surface area contributed by atoms with Crippen LogP contribution in [0.5, 0.6) is 0 Å². The van der Waals surface area contributed by atoms with Gasteiger partial charge >= 0.3 is 59.7 Å². The van der Waals surface area contributed by atoms with Crippen LogP contribution in [0, 0.1) is 0 Å². The molecule has 0 unspecified atom stereocenters. The zero-order valence-corrected chi connectivity index (χ0v) is 41.6. The van der Waals surface area contributed by atoms with Gasteiger partial charge in [0.05, 0.1) is 19.3 Å². The number of aromatic nitrogens is 1. The van der Waals surface area contributed by atoms with Crippen LogP contribution in [0.3, 0.4) is 0 Å². The number of amides is 1. The summed E-state index contributed by atoms with van der Waals surface area (Å²) in [5.41, 5.74) is 0. The van der Waals surface area contributed by atoms with E-state index in [2.05, 4.69) is 4.98 Å². The second-order valence-electron chi connectivity index (χ2n) is 16.1. The molecule has 27 nitrogen and oxygen atoms in total. The number of rotatable bonds is 22. The van der Waals surface area contributed by atoms with Crippen molar-refractivity contribution >= 4 is 71.4 Å². The third-order valence-corrected chi connectivity index (χ3v) is 9.96. The second-order valence-corrected chi connectivity index (χ2v) is 16.1. The van der Waals surface area contributed by atoms with Crippen LogP contribution in [-0.4, -0.2) is 176 Å². The summed E-state index contributed by atoms with van der Waals surface area (Å²) in [4.78, 5) is 145. The highest BCUT2D eigenvalue weighted by Gasteiger charge is 2.57. The molecule has 2 fully saturated rings. The Labute approximate surface area is 412 Å². The van der Waals surface area contributed by atoms with E-state index in [1.54, 1.807) is 12.1 Å². The molecule has 2 aliphatic rings. The number of carbonyl (C=O) groups is 11. The van der Waals surface area contributed by atoms with Crippen LogP contribution in [-0.2, 0) is 119 Å². The van der Waals surface area contributed by atoms with Crippen LogP contribution >= 0.6 is 0 Å². The van der Waals surface area contributed by atoms with Crippen molar-refractivity contribution in [3.63, 3.8) is 0 Å². The van der Waals surface area contributed by atoms with E-state index in [1.165, 1.54) is 26.1 Å². The van der Waals surface area contributed by atoms with Crippen molar-refractivity contribution < 1.29 is 119 Å². The van der Waals surface area contributed by atoms with E-state index in [1.807, 2.05) is 0 Å². The molecule has 72 heavy (non-hydrogen) atoms. The topological polar surface area (TPSA) is 333 Å². The van der Waals surface area contributed by atoms with Crippen molar-refractivity contribution in [2.24, 2.45) is 0 Å². The number of hydrogen-bond acceptors (Lipinski definition) is 26. The molecule has 0 N–H and O–H groups in total. The Kier molecular flexibility index (Phi) is 22.9. The highest BCUT2D eigenvalue weighted by Crippen LogP contribution is 2.36. The van der Waals surface area contributed by atoms with Gasteiger partial charge in [0.1, 0.15) is 24.6 Å². The lowest BCUT2D eigenvalue weighted by molar-refractivity contribution is -0.360. The molecule has 2 aliphatic heterocycles. The van der Waals surface area contributed by atoms with E-state index in [9.17, 15) is 52.7 Å². The Hall–Kier alpha value is -6.84. The van der Waals surface area contributed by atoms with Gasteiger partial charge in [-0.05, 0) is 19.1 Å². The number of esters is 10. The number of ether oxygens (including phenoxy) is 14. The van der Waals surface area contributed by atoms with Crippen molar-refractivity contribution in [1.29, 1.82) is 0 Å². The smallest absolute Gasteiger partial charge is 0.303 e. The standard InChI is InChI=1S/C45H60N2O25/c1-20-36(64-25(6)52)40(72-45-43(70-31(12)58)41(68-29(10)56)39(67-28(9)55)34(71-45)18-59-22(3)49)42(69-30(11)57)44(61-20)60-19-33(63-24(5)51)38(66-27(8)54)37(65-26(7)53)32(62-23(4)50)17-47(21(2)48)35-15-13-14-16-46-35/h13-16,20,32-34,36-45H,17-19H2,1-12H3/t20-,32+,33+,34+,36+,37+,38+,39-,40+,41-,42-,43+,44-,45-/m0/s1. The Morgan fingerprint density at radius 1 is 0.528 bits per heavy atom. The second kappa shape index (κ2) is 27.7. The zero-order chi connectivity index (χ0) is 54.1. The summed E-state index contributed by atoms with van der Waals surface area (Å²) in [6, 6.07) is 4.58. The molecule has 0 bridgehead atoms. The number of anilines is 1. The summed E-state index contributed by atoms with van der Waals surface area (Å²) in [7, 11) is 0. The minimum absolute atomic E-state index is 0.0698. The molecule has 0 saturated carbocycles. The normalized spacial score (nSPS) is 25.2. The Balaban J connectivity index is 2.23. The molecular weight excluding hydrogens is 968 g/mol. The average molecular weight is 1030 g/mol. The predicted octanol–water partition coefficient (Wildman–Crippen LogP) is 0.254. The lowest BCUT2D eigenvalue weighted by atomic mass is 9.96. The van der Waals surface area contributed by atoms with Crippen molar-refractivity contribution in [3.05, 3.63) is 24.4 Å². The number of hydrogen-bond donors (Lipinski definition) is 0. The highest BCUT2D eigenvalue weighted by atomic mass is 16.8. The summed E-state index contributed by atoms with van der Waals surface area (Å²) < 4.78 is 80.1. The first-order chi connectivity index (χ1) is 33.7. The van der Waals surface area contributed by atoms with Gasteiger partial charge in [-0.25, -0.2) is 4.98 Å². The van der Waals surface area contributed by atoms with E-state index < -0.39 is 171 Å². The quantitative estimate of drug-likeness (QED) is 0.111. The van der Waals surface area contributed by atoms with E-state index in [0.29, 0.717) is 0 Å². The van der Waals surface area contributed by atoms with Gasteiger partial charge < -0.3 is 66.3 Å². The molecule has 400 valence electrons. The van der Waals surface area contributed by atoms with Crippen LogP contribution in [0.4, 0.5) is 5.82 Å². The van der Waals surface area contributed by atoms with Crippen molar-refractivity contribution in [1.82, 2.24) is 4.98 Å². The summed E-state index contributed by atoms with van der Waals surface area (Å²) in [5, 5.41) is 0. The third kappa shape index (κ3) is 18.4. The number of nitrogens with zero attached hydrogens (tertiary/aromatic N) is 2. The van der Waals surface area contributed by atoms with Crippen LogP contribution in [0.15, 0.2) is 24.4 Å². The lowest BCUT2D eigenvalue weighted by Gasteiger charge is -2.48. The molecular formula is C45H60N2O25. The van der Waals surface area contributed by atoms with E-state index in [-0.39, 0.29) is 5.82 Å². The lowest BCUT2D eigenvalue weighted by Crippen LogP contribution is -2.67. The van der Waals surface area contributed by atoms with Gasteiger partial charge in [-0.2, -0.15) is 0 Å². The summed E-state index contributed by atoms with van der Waals surface area (Å²) >= 11 is 0. The van der Waals surface area contributed by atoms with Crippen molar-refractivity contribution in [2.45, 2.75) is 169 Å². The molecule has 1 aromatic heterocycles. The Morgan fingerprint density at radius 3 is 1.47 bits per heavy atom. The van der Waals surface area contributed by atoms with Crippen LogP contribution < -0.4 is 4.90 Å². The summed E-state index contributed by atoms with van der Waals surface area (Å²) in [6.45, 7) is 10.3. The van der Waals surface area contributed by atoms with Gasteiger partial charge in [-0.1, -0.05) is 6.07 Å². The van der Waals surface area contributed by atoms with Gasteiger partial charge in [-0.15, -0.1) is 0 Å². The fourth-order valence-electron chi connectivity index (χ4n) is 7.58. The molecule has 3 heterocycles. The van der Waals surface area contributed by atoms with E-state index in [0.717, 1.165) is 74.1 Å². The maximum absolute atomic E-state index is 13.0. The first-order valence-corrected chi connectivity index (χ1v) is 22.1. The van der Waals surface area contributed by atoms with E-state index >= 15 is 0 Å². The van der Waals surface area contributed by atoms with Gasteiger partial charge in [-0.3, -0.25) is 57.6 Å². The first-order valence-electron chi connectivity index (χ1n) is 22.1. The predicted molar refractivity (Wildman–Crippen MR) is 233 cm³/mol. The SMILES string of the molecule is CC(=O)OC[C@H]1O[C@@H](O[C@H]2[C@H](OC(C)=O)[C@@H](OC[C@@H](OC(C)=O)[C@@H](OC(C)=O)[C@H](OC(C)=O)[C@@H](CN(C(C)=O)c3ccccn3)OC(C)=O)O[C@@H](C)[C@H]2OC(C)=O)[C@H](OC(C)=O)[C@@H](OC(C)=O)[C@H]1OC(C)=O. The molecule has 0 spiro atoms. The van der Waals surface area contributed by atoms with Gasteiger partial charge in [0.25, 0.3) is 0 Å². The van der Waals surface area contributed by atoms with Gasteiger partial charge in [0, 0.05) is 82.4 Å². The molecule has 0 radical (unpaired) electrons. The van der Waals surface area contributed by atoms with Gasteiger partial charge in [0.2, 0.25) is 5.91 Å². The fourth-order valence-corrected chi connectivity index (χ4v) is 7.58. The monoisotopic (exact) mass is 1030 g/mol. The molecule has 14 atom stereocenters. The highest BCUT2D eigenvalue weighted by molar-refractivity contribution is 5.90. The number of carbonyl (C=O) groups excluding carboxylic acids is 11. The van der Waals surface area contributed by atoms with Crippen LogP contribution in [0.1, 0.15) is 83.1 Å². The Morgan fingerprint density at radius 2 is 1.00 bits per heavy atom. The van der Waals surface area contributed by atoms with Gasteiger partial charge in [0.15, 0.2) is 67.5 Å². The maximum Gasteiger partial charge on any atom is 0.303 e. The summed E-state index contributed by atoms with van der Waals surface area (Å²) in [5.74, 6) is -10.3. The third-order valence-electron chi connectivity index (χ3n) is 9.96. The fraction of sp³-hybridized carbons (Fsp3) is 0.644. The van der Waals surface area contributed by atoms with Crippen LogP contribution in [0.25, 0.3) is 0 Å². The summed E-state index contributed by atoms with van der Waals surface area (Å²) in [6.07, 6.45) is -23.1. The molecule has 2 saturated heterocycles. The first kappa shape index (κ1) is 59.5. The molecule has 1 aromatic rings. The molecule has 0 aromatic carbocycles. The average Bonchev–Trinajstić information content (AvgIpc) is 3.24. The molecule has 27 heteroatoms. The van der Waals surface area contributed by atoms with Crippen molar-refractivity contribution in [2.75, 3.05) is 24.7 Å². The minimum Gasteiger partial charge on any atom is -0.463 e. The molecule has 1 amide bonds. The van der Waals surface area contributed by atoms with Crippen LogP contribution in [0.2, 0.25) is 0 Å². The van der Waals surface area contributed by atoms with E-state index in [4.69, 9.17) is 66.3 Å². The Bertz CT molecular complexity index is 2120. The van der Waals surface area contributed by atoms with Crippen molar-refractivity contribution in [3.8, 4) is 0 Å².